The third kappa shape index (κ3) is 11.1. The Morgan fingerprint density at radius 1 is 0.375 bits per heavy atom. The number of unbranched alkanes of at least 4 members (excludes halogenated alkanes) is 4. The summed E-state index contributed by atoms with van der Waals surface area (Å²) in [5.41, 5.74) is 18.7. The number of H-pyrrole nitrogens is 1. The van der Waals surface area contributed by atoms with Crippen molar-refractivity contribution in [1.29, 1.82) is 0 Å². The highest BCUT2D eigenvalue weighted by Crippen LogP contribution is 2.51. The number of aromatic amines is 1. The van der Waals surface area contributed by atoms with Gasteiger partial charge in [0.2, 0.25) is 0 Å². The Morgan fingerprint density at radius 2 is 0.722 bits per heavy atom. The van der Waals surface area contributed by atoms with Crippen LogP contribution in [-0.2, 0) is 25.7 Å². The first-order chi connectivity index (χ1) is 35.3. The monoisotopic (exact) mass is 955 g/mol. The van der Waals surface area contributed by atoms with Crippen molar-refractivity contribution >= 4 is 22.4 Å². The number of rotatable bonds is 20. The van der Waals surface area contributed by atoms with Gasteiger partial charge in [0.05, 0.1) is 22.8 Å². The first-order valence-electron chi connectivity index (χ1n) is 26.3. The zero-order chi connectivity index (χ0) is 50.0. The average molecular weight is 955 g/mol. The first-order valence-corrected chi connectivity index (χ1v) is 26.3. The largest absolute Gasteiger partial charge is 0.353 e. The van der Waals surface area contributed by atoms with Crippen LogP contribution >= 0.6 is 0 Å². The van der Waals surface area contributed by atoms with E-state index in [9.17, 15) is 0 Å². The zero-order valence-corrected chi connectivity index (χ0v) is 42.2. The van der Waals surface area contributed by atoms with Crippen LogP contribution in [0.25, 0.3) is 50.2 Å². The van der Waals surface area contributed by atoms with Crippen molar-refractivity contribution in [2.75, 3.05) is 0 Å². The molecule has 1 aromatic heterocycles. The van der Waals surface area contributed by atoms with E-state index in [4.69, 9.17) is 4.99 Å². The third-order valence-corrected chi connectivity index (χ3v) is 14.1. The molecule has 7 aromatic carbocycles. The molecule has 5 heteroatoms. The predicted octanol–water partition coefficient (Wildman–Crippen LogP) is 18.7. The Balaban J connectivity index is 1.42. The summed E-state index contributed by atoms with van der Waals surface area (Å²) >= 11 is 0. The second-order valence-corrected chi connectivity index (χ2v) is 19.3. The van der Waals surface area contributed by atoms with Gasteiger partial charge in [0.1, 0.15) is 17.5 Å². The Kier molecular flexibility index (Phi) is 16.1. The van der Waals surface area contributed by atoms with Crippen LogP contribution in [0.2, 0.25) is 0 Å². The van der Waals surface area contributed by atoms with E-state index in [1.165, 1.54) is 58.7 Å². The standard InChI is InChI=1S/C67H65F3N2/c1-5-9-13-45-17-25-49(26-18-45)59-61(51-33-39-56(68)40-34-51)66(71-64(59)54-29-21-47(22-30-54)15-11-7-3)63(53-37-43-58(70)44-38-53)67-62(52-35-41-57(69)42-36-52)60(50-27-19-46(20-28-50)14-10-6-2)65(72-67)55-31-23-48(24-32-55)16-12-8-4/h17-44,71H,5-16H2,1-4H3/b67-63-. The normalized spacial score (nSPS) is 13.2. The summed E-state index contributed by atoms with van der Waals surface area (Å²) in [6, 6.07) is 55.3. The summed E-state index contributed by atoms with van der Waals surface area (Å²) < 4.78 is 45.5. The molecule has 2 heterocycles. The SMILES string of the molecule is CCCCc1ccc(C2=N/C(=C(/c3ccc(F)cc3)c3[nH]c(-c4ccc(CCCC)cc4)c(-c4ccc(CCCC)cc4)c3-c3ccc(F)cc3)C(c3ccc(F)cc3)=C2c2ccc(CCCC)cc2)cc1. The third-order valence-electron chi connectivity index (χ3n) is 14.1. The number of halogens is 3. The molecule has 0 saturated carbocycles. The molecule has 0 saturated heterocycles. The molecule has 0 bridgehead atoms. The maximum atomic E-state index is 15.3. The number of aromatic nitrogens is 1. The molecule has 1 aliphatic heterocycles. The molecular weight excluding hydrogens is 890 g/mol. The van der Waals surface area contributed by atoms with Crippen LogP contribution in [-0.4, -0.2) is 10.7 Å². The fraction of sp³-hybridized carbons (Fsp3) is 0.239. The van der Waals surface area contributed by atoms with Gasteiger partial charge in [-0.3, -0.25) is 0 Å². The van der Waals surface area contributed by atoms with Crippen LogP contribution in [0.3, 0.4) is 0 Å². The fourth-order valence-corrected chi connectivity index (χ4v) is 10.0. The Labute approximate surface area is 425 Å². The van der Waals surface area contributed by atoms with Crippen LogP contribution < -0.4 is 0 Å². The van der Waals surface area contributed by atoms with E-state index in [1.807, 2.05) is 36.4 Å². The molecule has 0 radical (unpaired) electrons. The first kappa shape index (κ1) is 49.7. The van der Waals surface area contributed by atoms with Crippen LogP contribution in [0.5, 0.6) is 0 Å². The second kappa shape index (κ2) is 23.3. The molecule has 72 heavy (non-hydrogen) atoms. The van der Waals surface area contributed by atoms with Gasteiger partial charge in [0.25, 0.3) is 0 Å². The molecule has 0 spiro atoms. The fourth-order valence-electron chi connectivity index (χ4n) is 10.0. The zero-order valence-electron chi connectivity index (χ0n) is 42.2. The van der Waals surface area contributed by atoms with Crippen molar-refractivity contribution in [3.8, 4) is 33.5 Å². The lowest BCUT2D eigenvalue weighted by molar-refractivity contribution is 0.627. The number of nitrogens with one attached hydrogen (secondary N) is 1. The summed E-state index contributed by atoms with van der Waals surface area (Å²) in [5.74, 6) is -1.04. The van der Waals surface area contributed by atoms with Crippen LogP contribution in [0.1, 0.15) is 129 Å². The van der Waals surface area contributed by atoms with E-state index in [1.54, 1.807) is 0 Å². The highest BCUT2D eigenvalue weighted by Gasteiger charge is 2.34. The number of aliphatic imine (C=N–C) groups is 1. The molecule has 1 aliphatic rings. The molecule has 0 amide bonds. The van der Waals surface area contributed by atoms with Crippen molar-refractivity contribution in [2.24, 2.45) is 4.99 Å². The molecule has 9 rings (SSSR count). The summed E-state index contributed by atoms with van der Waals surface area (Å²) in [4.78, 5) is 9.83. The van der Waals surface area contributed by atoms with Crippen molar-refractivity contribution < 1.29 is 13.2 Å². The molecule has 2 nitrogen and oxygen atoms in total. The maximum Gasteiger partial charge on any atom is 0.123 e. The number of aryl methyl sites for hydroxylation is 4. The second-order valence-electron chi connectivity index (χ2n) is 19.3. The van der Waals surface area contributed by atoms with E-state index in [0.29, 0.717) is 5.70 Å². The van der Waals surface area contributed by atoms with E-state index in [0.717, 1.165) is 161 Å². The Hall–Kier alpha value is -7.24. The molecule has 1 N–H and O–H groups in total. The molecule has 8 aromatic rings. The topological polar surface area (TPSA) is 28.1 Å². The van der Waals surface area contributed by atoms with Gasteiger partial charge in [-0.1, -0.05) is 187 Å². The lowest BCUT2D eigenvalue weighted by Gasteiger charge is -2.17. The number of nitrogens with zero attached hydrogens (tertiary/aromatic N) is 1. The quantitative estimate of drug-likeness (QED) is 0.0789. The van der Waals surface area contributed by atoms with E-state index in [2.05, 4.69) is 130 Å². The van der Waals surface area contributed by atoms with E-state index < -0.39 is 0 Å². The molecule has 0 aliphatic carbocycles. The number of hydrogen-bond acceptors (Lipinski definition) is 1. The summed E-state index contributed by atoms with van der Waals surface area (Å²) in [5, 5.41) is 0. The van der Waals surface area contributed by atoms with Gasteiger partial charge >= 0.3 is 0 Å². The lowest BCUT2D eigenvalue weighted by Crippen LogP contribution is -2.03. The highest BCUT2D eigenvalue weighted by molar-refractivity contribution is 6.42. The lowest BCUT2D eigenvalue weighted by atomic mass is 9.85. The maximum absolute atomic E-state index is 15.3. The summed E-state index contributed by atoms with van der Waals surface area (Å²) in [6.45, 7) is 8.84. The van der Waals surface area contributed by atoms with Gasteiger partial charge in [-0.25, -0.2) is 18.2 Å². The van der Waals surface area contributed by atoms with Crippen molar-refractivity contribution in [1.82, 2.24) is 4.98 Å². The van der Waals surface area contributed by atoms with Gasteiger partial charge in [-0.2, -0.15) is 0 Å². The summed E-state index contributed by atoms with van der Waals surface area (Å²) in [7, 11) is 0. The van der Waals surface area contributed by atoms with Gasteiger partial charge in [0.15, 0.2) is 0 Å². The van der Waals surface area contributed by atoms with Gasteiger partial charge in [-0.15, -0.1) is 0 Å². The van der Waals surface area contributed by atoms with Crippen molar-refractivity contribution in [2.45, 2.75) is 105 Å². The van der Waals surface area contributed by atoms with Crippen molar-refractivity contribution in [3.63, 3.8) is 0 Å². The molecule has 0 fully saturated rings. The number of hydrogen-bond donors (Lipinski definition) is 1. The minimum atomic E-state index is -0.363. The molecule has 364 valence electrons. The van der Waals surface area contributed by atoms with E-state index in [-0.39, 0.29) is 17.5 Å². The average Bonchev–Trinajstić information content (AvgIpc) is 4.00. The van der Waals surface area contributed by atoms with Crippen molar-refractivity contribution in [3.05, 3.63) is 243 Å². The summed E-state index contributed by atoms with van der Waals surface area (Å²) in [6.07, 6.45) is 12.7. The van der Waals surface area contributed by atoms with Crippen LogP contribution in [0.15, 0.2) is 181 Å². The van der Waals surface area contributed by atoms with Gasteiger partial charge in [0, 0.05) is 33.4 Å². The number of benzene rings is 7. The predicted molar refractivity (Wildman–Crippen MR) is 297 cm³/mol. The van der Waals surface area contributed by atoms with Crippen LogP contribution in [0.4, 0.5) is 13.2 Å². The Morgan fingerprint density at radius 3 is 1.17 bits per heavy atom. The van der Waals surface area contributed by atoms with Crippen LogP contribution in [0, 0.1) is 17.5 Å². The highest BCUT2D eigenvalue weighted by atomic mass is 19.1. The Bertz CT molecular complexity index is 3170. The van der Waals surface area contributed by atoms with Gasteiger partial charge in [-0.05, 0) is 143 Å². The smallest absolute Gasteiger partial charge is 0.123 e. The molecule has 0 unspecified atom stereocenters. The minimum Gasteiger partial charge on any atom is -0.353 e. The number of allylic oxidation sites excluding steroid dienone is 2. The minimum absolute atomic E-state index is 0.338. The molecule has 0 atom stereocenters. The van der Waals surface area contributed by atoms with E-state index >= 15 is 13.2 Å². The van der Waals surface area contributed by atoms with Gasteiger partial charge < -0.3 is 4.98 Å². The molecular formula is C67H65F3N2.